The molecule has 0 saturated heterocycles. The number of fused-ring (bicyclic) bond motifs is 1. The second kappa shape index (κ2) is 4.45. The van der Waals surface area contributed by atoms with E-state index >= 15 is 0 Å². The van der Waals surface area contributed by atoms with E-state index in [0.29, 0.717) is 11.7 Å². The molecule has 0 spiro atoms. The SMILES string of the molecule is O=C(NC1CC1)c1cn2cc(-c3ccccc3)sc2n1. The highest BCUT2D eigenvalue weighted by Gasteiger charge is 2.25. The van der Waals surface area contributed by atoms with Crippen LogP contribution < -0.4 is 5.32 Å². The molecule has 3 aromatic rings. The number of aromatic nitrogens is 2. The van der Waals surface area contributed by atoms with Crippen molar-refractivity contribution in [2.24, 2.45) is 0 Å². The number of benzene rings is 1. The molecule has 1 fully saturated rings. The topological polar surface area (TPSA) is 46.4 Å². The molecule has 4 rings (SSSR count). The molecule has 0 aliphatic heterocycles. The summed E-state index contributed by atoms with van der Waals surface area (Å²) in [4.78, 5) is 18.4. The van der Waals surface area contributed by atoms with E-state index in [9.17, 15) is 4.79 Å². The van der Waals surface area contributed by atoms with Crippen molar-refractivity contribution in [1.82, 2.24) is 14.7 Å². The maximum absolute atomic E-state index is 11.9. The van der Waals surface area contributed by atoms with Gasteiger partial charge in [0.2, 0.25) is 0 Å². The summed E-state index contributed by atoms with van der Waals surface area (Å²) in [6, 6.07) is 10.6. The number of amides is 1. The van der Waals surface area contributed by atoms with E-state index in [1.165, 1.54) is 5.56 Å². The van der Waals surface area contributed by atoms with Crippen molar-refractivity contribution in [3.8, 4) is 10.4 Å². The smallest absolute Gasteiger partial charge is 0.271 e. The monoisotopic (exact) mass is 283 g/mol. The number of hydrogen-bond donors (Lipinski definition) is 1. The van der Waals surface area contributed by atoms with Crippen LogP contribution in [-0.4, -0.2) is 21.3 Å². The molecular weight excluding hydrogens is 270 g/mol. The highest BCUT2D eigenvalue weighted by Crippen LogP contribution is 2.28. The number of carbonyl (C=O) groups is 1. The normalized spacial score (nSPS) is 14.6. The number of imidazole rings is 1. The molecule has 2 aromatic heterocycles. The number of nitrogens with one attached hydrogen (secondary N) is 1. The number of rotatable bonds is 3. The predicted octanol–water partition coefficient (Wildman–Crippen LogP) is 2.96. The van der Waals surface area contributed by atoms with Crippen LogP contribution in [-0.2, 0) is 0 Å². The molecule has 1 N–H and O–H groups in total. The van der Waals surface area contributed by atoms with Crippen molar-refractivity contribution in [2.75, 3.05) is 0 Å². The zero-order valence-corrected chi connectivity index (χ0v) is 11.6. The van der Waals surface area contributed by atoms with Crippen molar-refractivity contribution in [1.29, 1.82) is 0 Å². The van der Waals surface area contributed by atoms with Gasteiger partial charge in [0.1, 0.15) is 5.69 Å². The van der Waals surface area contributed by atoms with Crippen LogP contribution in [0.3, 0.4) is 0 Å². The summed E-state index contributed by atoms with van der Waals surface area (Å²) in [5.41, 5.74) is 1.68. The number of nitrogens with zero attached hydrogens (tertiary/aromatic N) is 2. The van der Waals surface area contributed by atoms with Gasteiger partial charge in [0.25, 0.3) is 5.91 Å². The zero-order valence-electron chi connectivity index (χ0n) is 10.7. The van der Waals surface area contributed by atoms with E-state index in [0.717, 1.165) is 22.7 Å². The lowest BCUT2D eigenvalue weighted by Gasteiger charge is -1.98. The van der Waals surface area contributed by atoms with Crippen LogP contribution in [0.5, 0.6) is 0 Å². The minimum Gasteiger partial charge on any atom is -0.348 e. The van der Waals surface area contributed by atoms with Gasteiger partial charge in [-0.2, -0.15) is 0 Å². The first kappa shape index (κ1) is 11.7. The fourth-order valence-corrected chi connectivity index (χ4v) is 3.10. The van der Waals surface area contributed by atoms with Gasteiger partial charge in [0, 0.05) is 18.4 Å². The lowest BCUT2D eigenvalue weighted by molar-refractivity contribution is 0.0946. The van der Waals surface area contributed by atoms with Crippen LogP contribution in [0.4, 0.5) is 0 Å². The quantitative estimate of drug-likeness (QED) is 0.803. The van der Waals surface area contributed by atoms with Gasteiger partial charge in [-0.05, 0) is 18.4 Å². The van der Waals surface area contributed by atoms with Crippen LogP contribution in [0.15, 0.2) is 42.7 Å². The fourth-order valence-electron chi connectivity index (χ4n) is 2.13. The molecule has 2 heterocycles. The highest BCUT2D eigenvalue weighted by molar-refractivity contribution is 7.20. The van der Waals surface area contributed by atoms with E-state index in [2.05, 4.69) is 22.4 Å². The Balaban J connectivity index is 1.65. The molecule has 0 bridgehead atoms. The first-order chi connectivity index (χ1) is 9.79. The van der Waals surface area contributed by atoms with E-state index in [-0.39, 0.29) is 5.91 Å². The summed E-state index contributed by atoms with van der Waals surface area (Å²) in [6.45, 7) is 0. The van der Waals surface area contributed by atoms with Crippen molar-refractivity contribution in [3.05, 3.63) is 48.4 Å². The lowest BCUT2D eigenvalue weighted by Crippen LogP contribution is -2.25. The average Bonchev–Trinajstić information content (AvgIpc) is 3.04. The van der Waals surface area contributed by atoms with Gasteiger partial charge in [0.05, 0.1) is 4.88 Å². The van der Waals surface area contributed by atoms with Crippen LogP contribution in [0.25, 0.3) is 15.4 Å². The van der Waals surface area contributed by atoms with E-state index < -0.39 is 0 Å². The van der Waals surface area contributed by atoms with Crippen LogP contribution in [0.1, 0.15) is 23.3 Å². The Morgan fingerprint density at radius 2 is 2.05 bits per heavy atom. The number of hydrogen-bond acceptors (Lipinski definition) is 3. The second-order valence-electron chi connectivity index (χ2n) is 5.03. The van der Waals surface area contributed by atoms with Crippen LogP contribution in [0.2, 0.25) is 0 Å². The second-order valence-corrected chi connectivity index (χ2v) is 6.03. The van der Waals surface area contributed by atoms with Crippen LogP contribution >= 0.6 is 11.3 Å². The molecule has 100 valence electrons. The zero-order chi connectivity index (χ0) is 13.5. The van der Waals surface area contributed by atoms with E-state index in [4.69, 9.17) is 0 Å². The molecule has 1 amide bonds. The highest BCUT2D eigenvalue weighted by atomic mass is 32.1. The first-order valence-corrected chi connectivity index (χ1v) is 7.46. The standard InChI is InChI=1S/C15H13N3OS/c19-14(16-11-6-7-11)12-8-18-9-13(20-15(18)17-12)10-4-2-1-3-5-10/h1-5,8-9,11H,6-7H2,(H,16,19). The summed E-state index contributed by atoms with van der Waals surface area (Å²) in [5, 5.41) is 2.96. The third-order valence-electron chi connectivity index (χ3n) is 3.36. The lowest BCUT2D eigenvalue weighted by atomic mass is 10.2. The largest absolute Gasteiger partial charge is 0.348 e. The molecule has 1 saturated carbocycles. The molecule has 0 radical (unpaired) electrons. The maximum Gasteiger partial charge on any atom is 0.271 e. The van der Waals surface area contributed by atoms with Gasteiger partial charge in [-0.15, -0.1) is 0 Å². The number of carbonyl (C=O) groups excluding carboxylic acids is 1. The van der Waals surface area contributed by atoms with Gasteiger partial charge in [-0.1, -0.05) is 41.7 Å². The van der Waals surface area contributed by atoms with Crippen molar-refractivity contribution < 1.29 is 4.79 Å². The molecule has 5 heteroatoms. The summed E-state index contributed by atoms with van der Waals surface area (Å²) < 4.78 is 1.93. The van der Waals surface area contributed by atoms with Gasteiger partial charge in [-0.3, -0.25) is 9.20 Å². The Kier molecular flexibility index (Phi) is 2.60. The van der Waals surface area contributed by atoms with Gasteiger partial charge in [-0.25, -0.2) is 4.98 Å². The Morgan fingerprint density at radius 1 is 1.25 bits per heavy atom. The van der Waals surface area contributed by atoms with E-state index in [1.54, 1.807) is 17.5 Å². The van der Waals surface area contributed by atoms with Gasteiger partial charge >= 0.3 is 0 Å². The molecular formula is C15H13N3OS. The Labute approximate surface area is 120 Å². The average molecular weight is 283 g/mol. The fraction of sp³-hybridized carbons (Fsp3) is 0.200. The molecule has 0 atom stereocenters. The predicted molar refractivity (Wildman–Crippen MR) is 79.0 cm³/mol. The number of thiazole rings is 1. The first-order valence-electron chi connectivity index (χ1n) is 6.64. The Morgan fingerprint density at radius 3 is 2.75 bits per heavy atom. The molecule has 4 nitrogen and oxygen atoms in total. The van der Waals surface area contributed by atoms with Crippen LogP contribution in [0, 0.1) is 0 Å². The van der Waals surface area contributed by atoms with Crippen molar-refractivity contribution >= 4 is 22.2 Å². The summed E-state index contributed by atoms with van der Waals surface area (Å²) in [7, 11) is 0. The summed E-state index contributed by atoms with van der Waals surface area (Å²) in [6.07, 6.45) is 6.00. The minimum atomic E-state index is -0.0651. The Hall–Kier alpha value is -2.14. The molecule has 20 heavy (non-hydrogen) atoms. The molecule has 1 aliphatic carbocycles. The Bertz CT molecular complexity index is 739. The molecule has 1 aromatic carbocycles. The third kappa shape index (κ3) is 2.10. The van der Waals surface area contributed by atoms with Gasteiger partial charge < -0.3 is 5.32 Å². The molecule has 1 aliphatic rings. The van der Waals surface area contributed by atoms with E-state index in [1.807, 2.05) is 28.8 Å². The minimum absolute atomic E-state index is 0.0651. The van der Waals surface area contributed by atoms with Crippen molar-refractivity contribution in [2.45, 2.75) is 18.9 Å². The van der Waals surface area contributed by atoms with Crippen molar-refractivity contribution in [3.63, 3.8) is 0 Å². The summed E-state index contributed by atoms with van der Waals surface area (Å²) in [5.74, 6) is -0.0651. The maximum atomic E-state index is 11.9. The van der Waals surface area contributed by atoms with Gasteiger partial charge in [0.15, 0.2) is 4.96 Å². The third-order valence-corrected chi connectivity index (χ3v) is 4.41. The molecule has 0 unspecified atom stereocenters. The summed E-state index contributed by atoms with van der Waals surface area (Å²) >= 11 is 1.59.